The minimum Gasteiger partial charge on any atom is -0.447 e. The second-order valence-corrected chi connectivity index (χ2v) is 9.03. The van der Waals surface area contributed by atoms with Crippen molar-refractivity contribution in [1.82, 2.24) is 14.8 Å². The Morgan fingerprint density at radius 2 is 1.66 bits per heavy atom. The Kier molecular flexibility index (Phi) is 7.42. The summed E-state index contributed by atoms with van der Waals surface area (Å²) in [5.74, 6) is 0.330. The van der Waals surface area contributed by atoms with Crippen LogP contribution in [0, 0.1) is 19.7 Å². The lowest BCUT2D eigenvalue weighted by Gasteiger charge is -2.20. The molecule has 0 spiro atoms. The van der Waals surface area contributed by atoms with E-state index in [-0.39, 0.29) is 11.9 Å². The predicted molar refractivity (Wildman–Crippen MR) is 147 cm³/mol. The molecule has 0 bridgehead atoms. The highest BCUT2D eigenvalue weighted by molar-refractivity contribution is 6.03. The molecule has 0 aliphatic carbocycles. The molecule has 0 radical (unpaired) electrons. The lowest BCUT2D eigenvalue weighted by molar-refractivity contribution is 0.449. The predicted octanol–water partition coefficient (Wildman–Crippen LogP) is 6.12. The maximum atomic E-state index is 13.2. The molecule has 2 aromatic heterocycles. The molecule has 1 atom stereocenters. The number of rotatable bonds is 5. The van der Waals surface area contributed by atoms with Gasteiger partial charge in [-0.15, -0.1) is 0 Å². The third-order valence-corrected chi connectivity index (χ3v) is 6.27. The van der Waals surface area contributed by atoms with Crippen LogP contribution in [0.1, 0.15) is 40.9 Å². The van der Waals surface area contributed by atoms with Crippen molar-refractivity contribution in [2.24, 2.45) is 10.8 Å². The van der Waals surface area contributed by atoms with Crippen molar-refractivity contribution in [2.45, 2.75) is 32.9 Å². The van der Waals surface area contributed by atoms with E-state index in [0.29, 0.717) is 18.9 Å². The quantitative estimate of drug-likeness (QED) is 0.309. The summed E-state index contributed by atoms with van der Waals surface area (Å²) in [7, 11) is 0. The average molecular weight is 509 g/mol. The van der Waals surface area contributed by atoms with Gasteiger partial charge in [-0.2, -0.15) is 10.2 Å². The van der Waals surface area contributed by atoms with Crippen LogP contribution in [-0.2, 0) is 6.54 Å². The van der Waals surface area contributed by atoms with E-state index in [2.05, 4.69) is 23.1 Å². The summed E-state index contributed by atoms with van der Waals surface area (Å²) < 4.78 is 20.6. The zero-order chi connectivity index (χ0) is 26.5. The van der Waals surface area contributed by atoms with Gasteiger partial charge in [-0.05, 0) is 67.4 Å². The van der Waals surface area contributed by atoms with Gasteiger partial charge in [0.25, 0.3) is 0 Å². The van der Waals surface area contributed by atoms with Crippen molar-refractivity contribution >= 4 is 11.4 Å². The standard InChI is InChI=1S/C18H14FN3O.C12H15N3/c19-14-6-8-15(9-7-14)22-17(18-20-10-11-23-18)12-16(21-22)13-4-2-1-3-5-13;1-9-7-10(2)15(14-9)12-5-3-11(8-13)4-6-12/h1-11,17H,12H2;3-7H,8,13H2,1-2H3. The zero-order valence-corrected chi connectivity index (χ0v) is 21.3. The molecular weight excluding hydrogens is 479 g/mol. The van der Waals surface area contributed by atoms with E-state index < -0.39 is 0 Å². The number of oxazole rings is 1. The third kappa shape index (κ3) is 5.55. The Bertz CT molecular complexity index is 1490. The van der Waals surface area contributed by atoms with E-state index in [1.54, 1.807) is 24.6 Å². The van der Waals surface area contributed by atoms with E-state index in [9.17, 15) is 4.39 Å². The number of hydrogen-bond donors (Lipinski definition) is 1. The summed E-state index contributed by atoms with van der Waals surface area (Å²) in [5, 5.41) is 11.0. The number of nitrogens with zero attached hydrogens (tertiary/aromatic N) is 5. The summed E-state index contributed by atoms with van der Waals surface area (Å²) in [6.07, 6.45) is 3.86. The van der Waals surface area contributed by atoms with Crippen LogP contribution in [0.4, 0.5) is 10.1 Å². The maximum absolute atomic E-state index is 13.2. The van der Waals surface area contributed by atoms with Crippen LogP contribution in [0.15, 0.2) is 107 Å². The molecule has 0 fully saturated rings. The first-order chi connectivity index (χ1) is 18.5. The van der Waals surface area contributed by atoms with Gasteiger partial charge in [-0.25, -0.2) is 14.1 Å². The zero-order valence-electron chi connectivity index (χ0n) is 21.3. The van der Waals surface area contributed by atoms with Crippen molar-refractivity contribution < 1.29 is 8.81 Å². The highest BCUT2D eigenvalue weighted by atomic mass is 19.1. The molecule has 1 aliphatic heterocycles. The largest absolute Gasteiger partial charge is 0.447 e. The number of hydrogen-bond acceptors (Lipinski definition) is 6. The van der Waals surface area contributed by atoms with E-state index >= 15 is 0 Å². The topological polar surface area (TPSA) is 85.5 Å². The molecule has 3 heterocycles. The molecule has 0 amide bonds. The number of nitrogens with two attached hydrogens (primary N) is 1. The molecule has 8 heteroatoms. The Morgan fingerprint density at radius 1 is 0.947 bits per heavy atom. The van der Waals surface area contributed by atoms with E-state index in [4.69, 9.17) is 15.3 Å². The summed E-state index contributed by atoms with van der Waals surface area (Å²) in [6, 6.07) is 26.4. The van der Waals surface area contributed by atoms with E-state index in [1.165, 1.54) is 12.1 Å². The number of aryl methyl sites for hydroxylation is 2. The SMILES string of the molecule is Cc1cc(C)n(-c2ccc(CN)cc2)n1.Fc1ccc(N2N=C(c3ccccc3)CC2c2ncco2)cc1. The minimum atomic E-state index is -0.270. The highest BCUT2D eigenvalue weighted by Crippen LogP contribution is 2.35. The van der Waals surface area contributed by atoms with Crippen molar-refractivity contribution in [2.75, 3.05) is 5.01 Å². The summed E-state index contributed by atoms with van der Waals surface area (Å²) in [4.78, 5) is 4.26. The third-order valence-electron chi connectivity index (χ3n) is 6.27. The molecule has 192 valence electrons. The fourth-order valence-corrected chi connectivity index (χ4v) is 4.40. The molecule has 7 nitrogen and oxygen atoms in total. The van der Waals surface area contributed by atoms with Gasteiger partial charge in [0.05, 0.1) is 29.0 Å². The number of benzene rings is 3. The van der Waals surface area contributed by atoms with Gasteiger partial charge in [-0.1, -0.05) is 42.5 Å². The van der Waals surface area contributed by atoms with Crippen LogP contribution in [0.5, 0.6) is 0 Å². The van der Waals surface area contributed by atoms with Gasteiger partial charge in [0.1, 0.15) is 18.1 Å². The number of anilines is 1. The van der Waals surface area contributed by atoms with Crippen molar-refractivity contribution in [3.8, 4) is 5.69 Å². The average Bonchev–Trinajstić information content (AvgIpc) is 3.70. The fraction of sp³-hybridized carbons (Fsp3) is 0.167. The van der Waals surface area contributed by atoms with E-state index in [0.717, 1.165) is 39.6 Å². The summed E-state index contributed by atoms with van der Waals surface area (Å²) >= 11 is 0. The normalized spacial score (nSPS) is 14.7. The molecule has 3 aromatic carbocycles. The minimum absolute atomic E-state index is 0.134. The second kappa shape index (κ2) is 11.2. The maximum Gasteiger partial charge on any atom is 0.219 e. The van der Waals surface area contributed by atoms with Crippen LogP contribution in [0.25, 0.3) is 5.69 Å². The van der Waals surface area contributed by atoms with Gasteiger partial charge in [0.15, 0.2) is 0 Å². The van der Waals surface area contributed by atoms with Crippen LogP contribution >= 0.6 is 0 Å². The van der Waals surface area contributed by atoms with Crippen molar-refractivity contribution in [3.63, 3.8) is 0 Å². The molecule has 1 unspecified atom stereocenters. The Labute approximate surface area is 221 Å². The monoisotopic (exact) mass is 508 g/mol. The first-order valence-electron chi connectivity index (χ1n) is 12.4. The molecular formula is C30H29FN6O. The van der Waals surface area contributed by atoms with Crippen molar-refractivity contribution in [1.29, 1.82) is 0 Å². The molecule has 2 N–H and O–H groups in total. The number of halogens is 1. The molecule has 1 aliphatic rings. The Hall–Kier alpha value is -4.56. The molecule has 6 rings (SSSR count). The smallest absolute Gasteiger partial charge is 0.219 e. The van der Waals surface area contributed by atoms with Gasteiger partial charge < -0.3 is 10.2 Å². The molecule has 5 aromatic rings. The first-order valence-corrected chi connectivity index (χ1v) is 12.4. The van der Waals surface area contributed by atoms with Crippen LogP contribution in [-0.4, -0.2) is 20.5 Å². The fourth-order valence-electron chi connectivity index (χ4n) is 4.40. The van der Waals surface area contributed by atoms with Crippen LogP contribution in [0.2, 0.25) is 0 Å². The second-order valence-electron chi connectivity index (χ2n) is 9.03. The van der Waals surface area contributed by atoms with Crippen molar-refractivity contribution in [3.05, 3.63) is 132 Å². The molecule has 38 heavy (non-hydrogen) atoms. The first kappa shape index (κ1) is 25.1. The molecule has 0 saturated carbocycles. The van der Waals surface area contributed by atoms with Gasteiger partial charge in [0, 0.05) is 18.7 Å². The van der Waals surface area contributed by atoms with Gasteiger partial charge in [-0.3, -0.25) is 5.01 Å². The lowest BCUT2D eigenvalue weighted by atomic mass is 10.0. The summed E-state index contributed by atoms with van der Waals surface area (Å²) in [6.45, 7) is 4.63. The van der Waals surface area contributed by atoms with Gasteiger partial charge in [0.2, 0.25) is 5.89 Å². The lowest BCUT2D eigenvalue weighted by Crippen LogP contribution is -2.18. The van der Waals surface area contributed by atoms with Crippen LogP contribution < -0.4 is 10.7 Å². The number of hydrazone groups is 1. The Morgan fingerprint density at radius 3 is 2.26 bits per heavy atom. The van der Waals surface area contributed by atoms with E-state index in [1.807, 2.05) is 71.2 Å². The summed E-state index contributed by atoms with van der Waals surface area (Å²) in [5.41, 5.74) is 12.8. The van der Waals surface area contributed by atoms with Gasteiger partial charge >= 0.3 is 0 Å². The Balaban J connectivity index is 0.000000170. The molecule has 0 saturated heterocycles. The van der Waals surface area contributed by atoms with Crippen LogP contribution in [0.3, 0.4) is 0 Å². The number of aromatic nitrogens is 3. The highest BCUT2D eigenvalue weighted by Gasteiger charge is 2.32.